The second-order valence-corrected chi connectivity index (χ2v) is 9.62. The van der Waals surface area contributed by atoms with Gasteiger partial charge >= 0.3 is 0 Å². The fourth-order valence-electron chi connectivity index (χ4n) is 4.11. The Labute approximate surface area is 169 Å². The standard InChI is InChI=1S/C21H22N4O3S/c1-14-9-21-22-13-23-25(21)12-19(14)16-5-7-24(8-6-16)29(26,27)18-3-4-20-17(11-18)10-15(2)28-20/h3-5,9,11-13,15H,6-8,10H2,1-2H3. The van der Waals surface area contributed by atoms with E-state index in [0.29, 0.717) is 24.4 Å². The normalized spacial score (nSPS) is 19.8. The minimum absolute atomic E-state index is 0.0917. The van der Waals surface area contributed by atoms with Crippen LogP contribution >= 0.6 is 0 Å². The number of rotatable bonds is 3. The van der Waals surface area contributed by atoms with Crippen molar-refractivity contribution < 1.29 is 13.2 Å². The minimum atomic E-state index is -3.54. The molecular formula is C21H22N4O3S. The zero-order valence-corrected chi connectivity index (χ0v) is 17.2. The lowest BCUT2D eigenvalue weighted by Gasteiger charge is -2.26. The maximum atomic E-state index is 13.2. The molecule has 29 heavy (non-hydrogen) atoms. The van der Waals surface area contributed by atoms with Crippen LogP contribution in [0.5, 0.6) is 5.75 Å². The molecule has 0 bridgehead atoms. The van der Waals surface area contributed by atoms with E-state index >= 15 is 0 Å². The minimum Gasteiger partial charge on any atom is -0.490 e. The van der Waals surface area contributed by atoms with E-state index in [0.717, 1.165) is 40.1 Å². The SMILES string of the molecule is Cc1cc2ncnn2cc1C1=CCN(S(=O)(=O)c2ccc3c(c2)CC(C)O3)CC1. The maximum Gasteiger partial charge on any atom is 0.243 e. The van der Waals surface area contributed by atoms with Crippen molar-refractivity contribution in [2.75, 3.05) is 13.1 Å². The third-order valence-electron chi connectivity index (χ3n) is 5.65. The van der Waals surface area contributed by atoms with Gasteiger partial charge in [-0.15, -0.1) is 0 Å². The summed E-state index contributed by atoms with van der Waals surface area (Å²) in [6, 6.07) is 7.18. The molecule has 2 aromatic heterocycles. The summed E-state index contributed by atoms with van der Waals surface area (Å²) in [7, 11) is -3.54. The van der Waals surface area contributed by atoms with Gasteiger partial charge in [-0.1, -0.05) is 6.08 Å². The lowest BCUT2D eigenvalue weighted by Crippen LogP contribution is -2.34. The summed E-state index contributed by atoms with van der Waals surface area (Å²) >= 11 is 0. The molecule has 1 aromatic carbocycles. The van der Waals surface area contributed by atoms with E-state index in [9.17, 15) is 8.42 Å². The Hall–Kier alpha value is -2.71. The molecule has 8 heteroatoms. The third kappa shape index (κ3) is 3.12. The topological polar surface area (TPSA) is 76.8 Å². The molecule has 0 saturated carbocycles. The predicted octanol–water partition coefficient (Wildman–Crippen LogP) is 2.84. The Kier molecular flexibility index (Phi) is 4.22. The summed E-state index contributed by atoms with van der Waals surface area (Å²) in [5, 5.41) is 4.20. The molecule has 0 radical (unpaired) electrons. The summed E-state index contributed by atoms with van der Waals surface area (Å²) in [6.07, 6.45) is 7.00. The van der Waals surface area contributed by atoms with Gasteiger partial charge in [0, 0.05) is 25.7 Å². The first kappa shape index (κ1) is 18.3. The fourth-order valence-corrected chi connectivity index (χ4v) is 5.55. The Bertz CT molecular complexity index is 1250. The molecule has 0 fully saturated rings. The van der Waals surface area contributed by atoms with Crippen molar-refractivity contribution in [2.24, 2.45) is 0 Å². The smallest absolute Gasteiger partial charge is 0.243 e. The highest BCUT2D eigenvalue weighted by atomic mass is 32.2. The number of fused-ring (bicyclic) bond motifs is 2. The van der Waals surface area contributed by atoms with Gasteiger partial charge in [0.2, 0.25) is 10.0 Å². The van der Waals surface area contributed by atoms with Gasteiger partial charge in [-0.2, -0.15) is 9.40 Å². The highest BCUT2D eigenvalue weighted by Gasteiger charge is 2.29. The lowest BCUT2D eigenvalue weighted by atomic mass is 9.98. The molecule has 3 aromatic rings. The van der Waals surface area contributed by atoms with Crippen LogP contribution in [0.25, 0.3) is 11.2 Å². The molecule has 4 heterocycles. The molecule has 0 N–H and O–H groups in total. The summed E-state index contributed by atoms with van der Waals surface area (Å²) in [6.45, 7) is 4.84. The molecule has 1 unspecified atom stereocenters. The molecule has 2 aliphatic heterocycles. The zero-order chi connectivity index (χ0) is 20.2. The molecule has 0 aliphatic carbocycles. The number of ether oxygens (including phenoxy) is 1. The predicted molar refractivity (Wildman–Crippen MR) is 109 cm³/mol. The number of benzene rings is 1. The number of pyridine rings is 1. The monoisotopic (exact) mass is 410 g/mol. The van der Waals surface area contributed by atoms with Crippen molar-refractivity contribution >= 4 is 21.2 Å². The van der Waals surface area contributed by atoms with Crippen LogP contribution in [0.15, 0.2) is 47.8 Å². The first-order valence-electron chi connectivity index (χ1n) is 9.71. The van der Waals surface area contributed by atoms with Gasteiger partial charge in [0.15, 0.2) is 5.65 Å². The van der Waals surface area contributed by atoms with E-state index in [1.807, 2.05) is 32.2 Å². The first-order chi connectivity index (χ1) is 13.9. The molecule has 0 spiro atoms. The van der Waals surface area contributed by atoms with Crippen molar-refractivity contribution in [1.82, 2.24) is 18.9 Å². The second kappa shape index (κ2) is 6.67. The van der Waals surface area contributed by atoms with Crippen LogP contribution in [0.4, 0.5) is 0 Å². The van der Waals surface area contributed by atoms with Crippen LogP contribution in [0.2, 0.25) is 0 Å². The Morgan fingerprint density at radius 3 is 2.90 bits per heavy atom. The van der Waals surface area contributed by atoms with Gasteiger partial charge in [0.1, 0.15) is 18.2 Å². The maximum absolute atomic E-state index is 13.2. The number of nitrogens with zero attached hydrogens (tertiary/aromatic N) is 4. The van der Waals surface area contributed by atoms with Gasteiger partial charge in [0.25, 0.3) is 0 Å². The Morgan fingerprint density at radius 2 is 2.10 bits per heavy atom. The molecule has 5 rings (SSSR count). The first-order valence-corrected chi connectivity index (χ1v) is 11.1. The zero-order valence-electron chi connectivity index (χ0n) is 16.4. The van der Waals surface area contributed by atoms with Crippen molar-refractivity contribution in [3.05, 3.63) is 59.6 Å². The van der Waals surface area contributed by atoms with Crippen LogP contribution < -0.4 is 4.74 Å². The molecule has 150 valence electrons. The van der Waals surface area contributed by atoms with E-state index in [-0.39, 0.29) is 6.10 Å². The Balaban J connectivity index is 1.41. The van der Waals surface area contributed by atoms with Crippen LogP contribution in [-0.4, -0.2) is 46.5 Å². The highest BCUT2D eigenvalue weighted by Crippen LogP contribution is 2.33. The van der Waals surface area contributed by atoms with Crippen molar-refractivity contribution in [3.8, 4) is 5.75 Å². The Morgan fingerprint density at radius 1 is 1.24 bits per heavy atom. The van der Waals surface area contributed by atoms with Gasteiger partial charge in [0.05, 0.1) is 4.90 Å². The number of aryl methyl sites for hydroxylation is 1. The molecular weight excluding hydrogens is 388 g/mol. The average molecular weight is 410 g/mol. The van der Waals surface area contributed by atoms with Crippen LogP contribution in [-0.2, 0) is 16.4 Å². The van der Waals surface area contributed by atoms with E-state index in [1.165, 1.54) is 6.33 Å². The van der Waals surface area contributed by atoms with Gasteiger partial charge in [-0.25, -0.2) is 17.9 Å². The van der Waals surface area contributed by atoms with Crippen molar-refractivity contribution in [2.45, 2.75) is 37.7 Å². The second-order valence-electron chi connectivity index (χ2n) is 7.68. The average Bonchev–Trinajstić information content (AvgIpc) is 3.31. The number of aromatic nitrogens is 3. The van der Waals surface area contributed by atoms with E-state index in [1.54, 1.807) is 27.0 Å². The molecule has 2 aliphatic rings. The number of hydrogen-bond donors (Lipinski definition) is 0. The summed E-state index contributed by atoms with van der Waals surface area (Å²) < 4.78 is 35.3. The fraction of sp³-hybridized carbons (Fsp3) is 0.333. The van der Waals surface area contributed by atoms with E-state index < -0.39 is 10.0 Å². The summed E-state index contributed by atoms with van der Waals surface area (Å²) in [5.41, 5.74) is 5.11. The highest BCUT2D eigenvalue weighted by molar-refractivity contribution is 7.89. The largest absolute Gasteiger partial charge is 0.490 e. The van der Waals surface area contributed by atoms with E-state index in [4.69, 9.17) is 4.74 Å². The molecule has 0 amide bonds. The van der Waals surface area contributed by atoms with Crippen molar-refractivity contribution in [1.29, 1.82) is 0 Å². The quantitative estimate of drug-likeness (QED) is 0.664. The van der Waals surface area contributed by atoms with Gasteiger partial charge in [-0.3, -0.25) is 0 Å². The van der Waals surface area contributed by atoms with Crippen LogP contribution in [0.3, 0.4) is 0 Å². The number of sulfonamides is 1. The lowest BCUT2D eigenvalue weighted by molar-refractivity contribution is 0.254. The van der Waals surface area contributed by atoms with Crippen LogP contribution in [0, 0.1) is 6.92 Å². The molecule has 0 saturated heterocycles. The number of hydrogen-bond acceptors (Lipinski definition) is 5. The van der Waals surface area contributed by atoms with Crippen LogP contribution in [0.1, 0.15) is 30.0 Å². The third-order valence-corrected chi connectivity index (χ3v) is 7.51. The molecule has 7 nitrogen and oxygen atoms in total. The summed E-state index contributed by atoms with van der Waals surface area (Å²) in [5.74, 6) is 0.788. The van der Waals surface area contributed by atoms with Gasteiger partial charge in [-0.05, 0) is 66.8 Å². The van der Waals surface area contributed by atoms with E-state index in [2.05, 4.69) is 10.1 Å². The van der Waals surface area contributed by atoms with Crippen molar-refractivity contribution in [3.63, 3.8) is 0 Å². The molecule has 1 atom stereocenters. The van der Waals surface area contributed by atoms with Gasteiger partial charge < -0.3 is 4.74 Å². The summed E-state index contributed by atoms with van der Waals surface area (Å²) in [4.78, 5) is 4.55.